The summed E-state index contributed by atoms with van der Waals surface area (Å²) >= 11 is 0. The van der Waals surface area contributed by atoms with Gasteiger partial charge in [-0.2, -0.15) is 5.26 Å². The van der Waals surface area contributed by atoms with Crippen LogP contribution in [-0.2, 0) is 0 Å². The van der Waals surface area contributed by atoms with Crippen LogP contribution >= 0.6 is 0 Å². The molecule has 0 radical (unpaired) electrons. The molecule has 0 saturated heterocycles. The van der Waals surface area contributed by atoms with Crippen molar-refractivity contribution >= 4 is 11.0 Å². The third-order valence-electron chi connectivity index (χ3n) is 1.64. The fraction of sp³-hybridized carbons (Fsp3) is 0. The van der Waals surface area contributed by atoms with E-state index in [1.54, 1.807) is 0 Å². The molecule has 0 aromatic carbocycles. The number of aromatic nitrogens is 2. The maximum absolute atomic E-state index is 13.1. The average molecular weight is 161 g/mol. The highest BCUT2D eigenvalue weighted by atomic mass is 19.1. The molecule has 0 aliphatic rings. The summed E-state index contributed by atoms with van der Waals surface area (Å²) in [6, 6.07) is 3.11. The summed E-state index contributed by atoms with van der Waals surface area (Å²) in [6.45, 7) is 0. The number of pyridine rings is 1. The van der Waals surface area contributed by atoms with E-state index in [0.717, 1.165) is 0 Å². The van der Waals surface area contributed by atoms with Crippen LogP contribution in [0.5, 0.6) is 0 Å². The molecule has 0 saturated carbocycles. The zero-order valence-corrected chi connectivity index (χ0v) is 6.00. The molecule has 2 rings (SSSR count). The summed E-state index contributed by atoms with van der Waals surface area (Å²) in [5.41, 5.74) is 0.696. The minimum Gasteiger partial charge on any atom is -0.345 e. The Morgan fingerprint density at radius 2 is 2.42 bits per heavy atom. The molecule has 0 unspecified atom stereocenters. The van der Waals surface area contributed by atoms with Crippen molar-refractivity contribution in [2.45, 2.75) is 0 Å². The first kappa shape index (κ1) is 6.80. The Bertz CT molecular complexity index is 467. The van der Waals surface area contributed by atoms with E-state index in [9.17, 15) is 4.39 Å². The Hall–Kier alpha value is -1.89. The van der Waals surface area contributed by atoms with Crippen LogP contribution in [0.15, 0.2) is 18.5 Å². The molecule has 0 aliphatic carbocycles. The summed E-state index contributed by atoms with van der Waals surface area (Å²) < 4.78 is 13.1. The minimum atomic E-state index is -0.419. The average Bonchev–Trinajstić information content (AvgIpc) is 2.49. The Balaban J connectivity index is 2.95. The molecule has 0 atom stereocenters. The molecule has 0 spiro atoms. The van der Waals surface area contributed by atoms with Crippen LogP contribution in [0.3, 0.4) is 0 Å². The number of nitriles is 1. The van der Waals surface area contributed by atoms with Crippen LogP contribution in [0.2, 0.25) is 0 Å². The van der Waals surface area contributed by atoms with Crippen LogP contribution in [0.25, 0.3) is 11.0 Å². The Morgan fingerprint density at radius 1 is 1.58 bits per heavy atom. The molecule has 2 aromatic heterocycles. The highest BCUT2D eigenvalue weighted by Crippen LogP contribution is 2.17. The molecule has 3 nitrogen and oxygen atoms in total. The summed E-state index contributed by atoms with van der Waals surface area (Å²) in [5.74, 6) is -0.419. The van der Waals surface area contributed by atoms with E-state index < -0.39 is 5.82 Å². The third kappa shape index (κ3) is 0.768. The SMILES string of the molecule is N#Cc1c[nH]c2nccc(F)c12. The second-order valence-corrected chi connectivity index (χ2v) is 2.33. The molecule has 0 fully saturated rings. The van der Waals surface area contributed by atoms with Gasteiger partial charge in [-0.25, -0.2) is 9.37 Å². The molecule has 0 aliphatic heterocycles. The van der Waals surface area contributed by atoms with E-state index in [0.29, 0.717) is 5.65 Å². The molecule has 0 bridgehead atoms. The largest absolute Gasteiger partial charge is 0.345 e. The third-order valence-corrected chi connectivity index (χ3v) is 1.64. The van der Waals surface area contributed by atoms with E-state index >= 15 is 0 Å². The second kappa shape index (κ2) is 2.31. The van der Waals surface area contributed by atoms with E-state index in [1.165, 1.54) is 18.5 Å². The summed E-state index contributed by atoms with van der Waals surface area (Å²) in [5, 5.41) is 8.85. The quantitative estimate of drug-likeness (QED) is 0.637. The van der Waals surface area contributed by atoms with Crippen LogP contribution in [0, 0.1) is 17.1 Å². The first-order valence-electron chi connectivity index (χ1n) is 3.34. The predicted molar refractivity (Wildman–Crippen MR) is 40.8 cm³/mol. The molecular formula is C8H4FN3. The number of rotatable bonds is 0. The lowest BCUT2D eigenvalue weighted by Crippen LogP contribution is -1.80. The van der Waals surface area contributed by atoms with Crippen LogP contribution < -0.4 is 0 Å². The van der Waals surface area contributed by atoms with Gasteiger partial charge in [-0.15, -0.1) is 0 Å². The van der Waals surface area contributed by atoms with E-state index in [2.05, 4.69) is 9.97 Å². The van der Waals surface area contributed by atoms with Crippen LogP contribution in [0.4, 0.5) is 4.39 Å². The standard InChI is InChI=1S/C8H4FN3/c9-6-1-2-11-8-7(6)5(3-10)4-12-8/h1-2,4H,(H,11,12). The van der Waals surface area contributed by atoms with Crippen molar-refractivity contribution in [1.29, 1.82) is 5.26 Å². The maximum atomic E-state index is 13.1. The van der Waals surface area contributed by atoms with Gasteiger partial charge in [-0.05, 0) is 6.07 Å². The van der Waals surface area contributed by atoms with Crippen molar-refractivity contribution < 1.29 is 4.39 Å². The van der Waals surface area contributed by atoms with Gasteiger partial charge >= 0.3 is 0 Å². The number of hydrogen-bond donors (Lipinski definition) is 1. The minimum absolute atomic E-state index is 0.264. The number of nitrogens with zero attached hydrogens (tertiary/aromatic N) is 2. The molecular weight excluding hydrogens is 157 g/mol. The number of fused-ring (bicyclic) bond motifs is 1. The van der Waals surface area contributed by atoms with Crippen molar-refractivity contribution in [3.63, 3.8) is 0 Å². The zero-order valence-electron chi connectivity index (χ0n) is 6.00. The molecule has 12 heavy (non-hydrogen) atoms. The van der Waals surface area contributed by atoms with Gasteiger partial charge in [0.15, 0.2) is 0 Å². The smallest absolute Gasteiger partial charge is 0.141 e. The van der Waals surface area contributed by atoms with Crippen molar-refractivity contribution in [2.75, 3.05) is 0 Å². The van der Waals surface area contributed by atoms with Crippen LogP contribution in [0.1, 0.15) is 5.56 Å². The lowest BCUT2D eigenvalue weighted by Gasteiger charge is -1.89. The summed E-state index contributed by atoms with van der Waals surface area (Å²) in [4.78, 5) is 6.57. The van der Waals surface area contributed by atoms with E-state index in [1.807, 2.05) is 6.07 Å². The number of nitrogens with one attached hydrogen (secondary N) is 1. The second-order valence-electron chi connectivity index (χ2n) is 2.33. The van der Waals surface area contributed by atoms with E-state index in [4.69, 9.17) is 5.26 Å². The van der Waals surface area contributed by atoms with Gasteiger partial charge in [0.25, 0.3) is 0 Å². The van der Waals surface area contributed by atoms with Crippen molar-refractivity contribution in [2.24, 2.45) is 0 Å². The molecule has 4 heteroatoms. The van der Waals surface area contributed by atoms with E-state index in [-0.39, 0.29) is 10.9 Å². The predicted octanol–water partition coefficient (Wildman–Crippen LogP) is 1.57. The van der Waals surface area contributed by atoms with Crippen molar-refractivity contribution in [3.05, 3.63) is 29.8 Å². The number of hydrogen-bond acceptors (Lipinski definition) is 2. The lowest BCUT2D eigenvalue weighted by atomic mass is 10.2. The number of H-pyrrole nitrogens is 1. The van der Waals surface area contributed by atoms with Gasteiger partial charge in [-0.3, -0.25) is 0 Å². The molecule has 2 aromatic rings. The van der Waals surface area contributed by atoms with Gasteiger partial charge in [0.05, 0.1) is 10.9 Å². The first-order valence-corrected chi connectivity index (χ1v) is 3.34. The van der Waals surface area contributed by atoms with Crippen molar-refractivity contribution in [3.8, 4) is 6.07 Å². The highest BCUT2D eigenvalue weighted by molar-refractivity contribution is 5.82. The first-order chi connectivity index (χ1) is 5.83. The van der Waals surface area contributed by atoms with Gasteiger partial charge < -0.3 is 4.98 Å². The molecule has 0 amide bonds. The monoisotopic (exact) mass is 161 g/mol. The van der Waals surface area contributed by atoms with Gasteiger partial charge in [-0.1, -0.05) is 0 Å². The fourth-order valence-electron chi connectivity index (χ4n) is 1.10. The Labute approximate surface area is 67.5 Å². The van der Waals surface area contributed by atoms with Gasteiger partial charge in [0.1, 0.15) is 17.5 Å². The molecule has 2 heterocycles. The summed E-state index contributed by atoms with van der Waals surface area (Å²) in [6.07, 6.45) is 2.80. The van der Waals surface area contributed by atoms with Crippen molar-refractivity contribution in [1.82, 2.24) is 9.97 Å². The topological polar surface area (TPSA) is 52.5 Å². The number of aromatic amines is 1. The zero-order chi connectivity index (χ0) is 8.55. The summed E-state index contributed by atoms with van der Waals surface area (Å²) in [7, 11) is 0. The van der Waals surface area contributed by atoms with Crippen LogP contribution in [-0.4, -0.2) is 9.97 Å². The van der Waals surface area contributed by atoms with Gasteiger partial charge in [0.2, 0.25) is 0 Å². The molecule has 1 N–H and O–H groups in total. The lowest BCUT2D eigenvalue weighted by molar-refractivity contribution is 0.638. The maximum Gasteiger partial charge on any atom is 0.141 e. The Kier molecular flexibility index (Phi) is 1.31. The highest BCUT2D eigenvalue weighted by Gasteiger charge is 2.07. The van der Waals surface area contributed by atoms with Gasteiger partial charge in [0, 0.05) is 12.4 Å². The number of halogens is 1. The fourth-order valence-corrected chi connectivity index (χ4v) is 1.10. The Morgan fingerprint density at radius 3 is 3.17 bits per heavy atom. The molecule has 58 valence electrons. The normalized spacial score (nSPS) is 10.0.